The molecule has 0 saturated carbocycles. The number of nitriles is 1. The molecule has 0 unspecified atom stereocenters. The average Bonchev–Trinajstić information content (AvgIpc) is 3.11. The molecular weight excluding hydrogens is 411 g/mol. The van der Waals surface area contributed by atoms with E-state index >= 15 is 0 Å². The van der Waals surface area contributed by atoms with E-state index in [-0.39, 0.29) is 21.1 Å². The molecule has 3 aromatic rings. The first kappa shape index (κ1) is 20.1. The number of carbonyl (C=O) groups excluding carboxylic acids is 2. The van der Waals surface area contributed by atoms with Crippen molar-refractivity contribution in [3.63, 3.8) is 0 Å². The first-order valence-electron chi connectivity index (χ1n) is 7.90. The van der Waals surface area contributed by atoms with Crippen molar-refractivity contribution >= 4 is 38.6 Å². The van der Waals surface area contributed by atoms with Crippen molar-refractivity contribution in [3.8, 4) is 11.8 Å². The van der Waals surface area contributed by atoms with Gasteiger partial charge in [-0.3, -0.25) is 10.1 Å². The van der Waals surface area contributed by atoms with Crippen LogP contribution in [0.3, 0.4) is 0 Å². The van der Waals surface area contributed by atoms with Gasteiger partial charge in [-0.15, -0.1) is 0 Å². The van der Waals surface area contributed by atoms with Gasteiger partial charge in [-0.25, -0.2) is 22.9 Å². The molecule has 1 aromatic heterocycles. The zero-order chi connectivity index (χ0) is 21.0. The van der Waals surface area contributed by atoms with Crippen molar-refractivity contribution in [2.24, 2.45) is 0 Å². The van der Waals surface area contributed by atoms with E-state index < -0.39 is 48.1 Å². The minimum absolute atomic E-state index is 0.00162. The fourth-order valence-electron chi connectivity index (χ4n) is 2.19. The monoisotopic (exact) mass is 421 g/mol. The second-order valence-electron chi connectivity index (χ2n) is 5.46. The van der Waals surface area contributed by atoms with Gasteiger partial charge >= 0.3 is 5.97 Å². The Balaban J connectivity index is 1.53. The van der Waals surface area contributed by atoms with Crippen molar-refractivity contribution in [2.45, 2.75) is 0 Å². The Labute approximate surface area is 165 Å². The van der Waals surface area contributed by atoms with Crippen LogP contribution in [0.15, 0.2) is 30.3 Å². The molecule has 148 valence electrons. The van der Waals surface area contributed by atoms with E-state index in [9.17, 15) is 22.8 Å². The number of aromatic nitrogens is 1. The molecule has 0 aliphatic rings. The molecule has 0 spiro atoms. The number of rotatable bonds is 6. The molecule has 29 heavy (non-hydrogen) atoms. The predicted octanol–water partition coefficient (Wildman–Crippen LogP) is 3.15. The maximum Gasteiger partial charge on any atom is 0.344 e. The summed E-state index contributed by atoms with van der Waals surface area (Å²) in [5.74, 6) is -5.97. The summed E-state index contributed by atoms with van der Waals surface area (Å²) < 4.78 is 50.0. The number of thiazole rings is 1. The molecule has 0 radical (unpaired) electrons. The van der Waals surface area contributed by atoms with Crippen molar-refractivity contribution in [1.82, 2.24) is 4.98 Å². The SMILES string of the molecule is N#Cc1ccccc1OCC(=O)OCC(=O)Nc1nc2c(F)c(F)c(F)cc2s1. The van der Waals surface area contributed by atoms with Gasteiger partial charge in [0, 0.05) is 0 Å². The Morgan fingerprint density at radius 1 is 1.17 bits per heavy atom. The number of hydrogen-bond donors (Lipinski definition) is 1. The van der Waals surface area contributed by atoms with Crippen LogP contribution >= 0.6 is 11.3 Å². The van der Waals surface area contributed by atoms with E-state index in [1.54, 1.807) is 12.1 Å². The van der Waals surface area contributed by atoms with E-state index in [0.717, 1.165) is 17.4 Å². The van der Waals surface area contributed by atoms with Crippen LogP contribution < -0.4 is 10.1 Å². The number of hydrogen-bond acceptors (Lipinski definition) is 7. The van der Waals surface area contributed by atoms with Gasteiger partial charge in [0.1, 0.15) is 17.3 Å². The predicted molar refractivity (Wildman–Crippen MR) is 95.7 cm³/mol. The molecule has 3 rings (SSSR count). The number of nitrogens with one attached hydrogen (secondary N) is 1. The highest BCUT2D eigenvalue weighted by Crippen LogP contribution is 2.30. The summed E-state index contributed by atoms with van der Waals surface area (Å²) in [6.45, 7) is -1.22. The van der Waals surface area contributed by atoms with Crippen LogP contribution in [0.25, 0.3) is 10.2 Å². The second kappa shape index (κ2) is 8.57. The lowest BCUT2D eigenvalue weighted by molar-refractivity contribution is -0.149. The molecule has 0 aliphatic carbocycles. The van der Waals surface area contributed by atoms with Gasteiger partial charge in [0.25, 0.3) is 5.91 Å². The summed E-state index contributed by atoms with van der Waals surface area (Å²) in [6, 6.07) is 8.91. The average molecular weight is 421 g/mol. The Hall–Kier alpha value is -3.65. The molecule has 0 aliphatic heterocycles. The highest BCUT2D eigenvalue weighted by molar-refractivity contribution is 7.22. The Morgan fingerprint density at radius 2 is 1.93 bits per heavy atom. The summed E-state index contributed by atoms with van der Waals surface area (Å²) in [5, 5.41) is 11.1. The molecule has 1 N–H and O–H groups in total. The summed E-state index contributed by atoms with van der Waals surface area (Å²) in [4.78, 5) is 27.2. The fourth-order valence-corrected chi connectivity index (χ4v) is 3.10. The largest absolute Gasteiger partial charge is 0.481 e. The van der Waals surface area contributed by atoms with Gasteiger partial charge in [-0.1, -0.05) is 23.5 Å². The van der Waals surface area contributed by atoms with Gasteiger partial charge in [0.05, 0.1) is 10.3 Å². The molecule has 0 atom stereocenters. The number of para-hydroxylation sites is 1. The Morgan fingerprint density at radius 3 is 2.69 bits per heavy atom. The number of nitrogens with zero attached hydrogens (tertiary/aromatic N) is 2. The van der Waals surface area contributed by atoms with Crippen LogP contribution in [0.1, 0.15) is 5.56 Å². The summed E-state index contributed by atoms with van der Waals surface area (Å²) >= 11 is 0.723. The van der Waals surface area contributed by atoms with Crippen molar-refractivity contribution in [1.29, 1.82) is 5.26 Å². The maximum absolute atomic E-state index is 13.7. The van der Waals surface area contributed by atoms with Crippen molar-refractivity contribution in [2.75, 3.05) is 18.5 Å². The van der Waals surface area contributed by atoms with Crippen LogP contribution in [-0.4, -0.2) is 30.1 Å². The third-order valence-corrected chi connectivity index (χ3v) is 4.40. The first-order chi connectivity index (χ1) is 13.9. The molecule has 0 bridgehead atoms. The minimum Gasteiger partial charge on any atom is -0.481 e. The quantitative estimate of drug-likeness (QED) is 0.485. The van der Waals surface area contributed by atoms with Gasteiger partial charge in [-0.2, -0.15) is 5.26 Å². The zero-order valence-electron chi connectivity index (χ0n) is 14.4. The molecular formula is C18H10F3N3O4S. The van der Waals surface area contributed by atoms with E-state index in [2.05, 4.69) is 10.3 Å². The van der Waals surface area contributed by atoms with Crippen molar-refractivity contribution < 1.29 is 32.2 Å². The molecule has 2 aromatic carbocycles. The number of amides is 1. The topological polar surface area (TPSA) is 101 Å². The van der Waals surface area contributed by atoms with E-state index in [1.807, 2.05) is 6.07 Å². The Bertz CT molecular complexity index is 1140. The normalized spacial score (nSPS) is 10.4. The van der Waals surface area contributed by atoms with Gasteiger partial charge < -0.3 is 9.47 Å². The van der Waals surface area contributed by atoms with Crippen LogP contribution in [0, 0.1) is 28.8 Å². The maximum atomic E-state index is 13.7. The number of ether oxygens (including phenoxy) is 2. The van der Waals surface area contributed by atoms with Crippen LogP contribution in [-0.2, 0) is 14.3 Å². The summed E-state index contributed by atoms with van der Waals surface area (Å²) in [7, 11) is 0. The number of benzene rings is 2. The van der Waals surface area contributed by atoms with Crippen LogP contribution in [0.4, 0.5) is 18.3 Å². The highest BCUT2D eigenvalue weighted by Gasteiger charge is 2.18. The second-order valence-corrected chi connectivity index (χ2v) is 6.49. The number of anilines is 1. The molecule has 11 heteroatoms. The van der Waals surface area contributed by atoms with Crippen molar-refractivity contribution in [3.05, 3.63) is 53.3 Å². The van der Waals surface area contributed by atoms with E-state index in [0.29, 0.717) is 0 Å². The minimum atomic E-state index is -1.66. The highest BCUT2D eigenvalue weighted by atomic mass is 32.1. The summed E-state index contributed by atoms with van der Waals surface area (Å²) in [5.41, 5.74) is -0.195. The third-order valence-electron chi connectivity index (χ3n) is 3.49. The molecule has 0 fully saturated rings. The lowest BCUT2D eigenvalue weighted by atomic mass is 10.2. The zero-order valence-corrected chi connectivity index (χ0v) is 15.2. The van der Waals surface area contributed by atoms with Crippen LogP contribution in [0.5, 0.6) is 5.75 Å². The van der Waals surface area contributed by atoms with E-state index in [4.69, 9.17) is 14.7 Å². The van der Waals surface area contributed by atoms with Gasteiger partial charge in [0.2, 0.25) is 0 Å². The number of carbonyl (C=O) groups is 2. The number of esters is 1. The molecule has 7 nitrogen and oxygen atoms in total. The number of halogens is 3. The smallest absolute Gasteiger partial charge is 0.344 e. The number of fused-ring (bicyclic) bond motifs is 1. The third kappa shape index (κ3) is 4.61. The first-order valence-corrected chi connectivity index (χ1v) is 8.72. The van der Waals surface area contributed by atoms with Gasteiger partial charge in [0.15, 0.2) is 35.8 Å². The van der Waals surface area contributed by atoms with Gasteiger partial charge in [-0.05, 0) is 18.2 Å². The molecule has 0 saturated heterocycles. The van der Waals surface area contributed by atoms with E-state index in [1.165, 1.54) is 12.1 Å². The fraction of sp³-hybridized carbons (Fsp3) is 0.111. The standard InChI is InChI=1S/C18H10F3N3O4S/c19-10-5-12-17(16(21)15(10)20)24-18(29-12)23-13(25)7-28-14(26)8-27-11-4-2-1-3-9(11)6-22/h1-5H,7-8H2,(H,23,24,25). The summed E-state index contributed by atoms with van der Waals surface area (Å²) in [6.07, 6.45) is 0. The molecule has 1 amide bonds. The van der Waals surface area contributed by atoms with Crippen LogP contribution in [0.2, 0.25) is 0 Å². The Kier molecular flexibility index (Phi) is 5.94. The lowest BCUT2D eigenvalue weighted by Crippen LogP contribution is -2.23. The lowest BCUT2D eigenvalue weighted by Gasteiger charge is -2.07. The molecule has 1 heterocycles.